The SMILES string of the molecule is CC(C)(Nc1cc(Cl)ccc1C#N)C1CC1. The van der Waals surface area contributed by atoms with Crippen LogP contribution in [0.25, 0.3) is 0 Å². The first-order valence-corrected chi connectivity index (χ1v) is 5.88. The topological polar surface area (TPSA) is 35.8 Å². The lowest BCUT2D eigenvalue weighted by Crippen LogP contribution is -2.33. The molecule has 1 aromatic rings. The number of hydrogen-bond donors (Lipinski definition) is 1. The molecule has 1 aliphatic rings. The van der Waals surface area contributed by atoms with E-state index in [-0.39, 0.29) is 5.54 Å². The Kier molecular flexibility index (Phi) is 2.82. The summed E-state index contributed by atoms with van der Waals surface area (Å²) in [6.07, 6.45) is 2.53. The molecule has 0 aromatic heterocycles. The van der Waals surface area contributed by atoms with Crippen LogP contribution in [0.5, 0.6) is 0 Å². The Hall–Kier alpha value is -1.20. The summed E-state index contributed by atoms with van der Waals surface area (Å²) in [6.45, 7) is 4.35. The normalized spacial score (nSPS) is 15.6. The Balaban J connectivity index is 2.26. The number of nitrogens with one attached hydrogen (secondary N) is 1. The molecule has 1 aliphatic carbocycles. The van der Waals surface area contributed by atoms with Crippen LogP contribution in [0.4, 0.5) is 5.69 Å². The first kappa shape index (κ1) is 11.3. The summed E-state index contributed by atoms with van der Waals surface area (Å²) in [6, 6.07) is 7.51. The Morgan fingerprint density at radius 3 is 2.69 bits per heavy atom. The molecule has 1 N–H and O–H groups in total. The second-order valence-electron chi connectivity index (χ2n) is 4.92. The molecule has 0 heterocycles. The largest absolute Gasteiger partial charge is 0.379 e. The zero-order chi connectivity index (χ0) is 11.8. The first-order valence-electron chi connectivity index (χ1n) is 5.51. The van der Waals surface area contributed by atoms with Crippen molar-refractivity contribution >= 4 is 17.3 Å². The highest BCUT2D eigenvalue weighted by Gasteiger charge is 2.37. The third-order valence-electron chi connectivity index (χ3n) is 3.16. The van der Waals surface area contributed by atoms with Crippen LogP contribution < -0.4 is 5.32 Å². The van der Waals surface area contributed by atoms with Crippen LogP contribution in [0, 0.1) is 17.2 Å². The lowest BCUT2D eigenvalue weighted by molar-refractivity contribution is 0.494. The minimum absolute atomic E-state index is 0.0380. The van der Waals surface area contributed by atoms with Crippen LogP contribution in [-0.4, -0.2) is 5.54 Å². The van der Waals surface area contributed by atoms with Crippen molar-refractivity contribution in [3.05, 3.63) is 28.8 Å². The third-order valence-corrected chi connectivity index (χ3v) is 3.39. The van der Waals surface area contributed by atoms with E-state index >= 15 is 0 Å². The molecule has 0 radical (unpaired) electrons. The molecule has 3 heteroatoms. The van der Waals surface area contributed by atoms with Crippen molar-refractivity contribution in [1.82, 2.24) is 0 Å². The first-order chi connectivity index (χ1) is 7.53. The van der Waals surface area contributed by atoms with Crippen molar-refractivity contribution in [1.29, 1.82) is 5.26 Å². The Morgan fingerprint density at radius 1 is 1.44 bits per heavy atom. The van der Waals surface area contributed by atoms with Gasteiger partial charge in [-0.3, -0.25) is 0 Å². The highest BCUT2D eigenvalue weighted by atomic mass is 35.5. The maximum absolute atomic E-state index is 9.03. The minimum atomic E-state index is 0.0380. The molecule has 0 unspecified atom stereocenters. The fourth-order valence-electron chi connectivity index (χ4n) is 1.97. The second kappa shape index (κ2) is 3.99. The highest BCUT2D eigenvalue weighted by Crippen LogP contribution is 2.41. The van der Waals surface area contributed by atoms with Crippen LogP contribution in [-0.2, 0) is 0 Å². The predicted molar refractivity (Wildman–Crippen MR) is 66.6 cm³/mol. The molecule has 0 bridgehead atoms. The highest BCUT2D eigenvalue weighted by molar-refractivity contribution is 6.30. The van der Waals surface area contributed by atoms with Crippen LogP contribution in [0.3, 0.4) is 0 Å². The maximum atomic E-state index is 9.03. The number of benzene rings is 1. The smallest absolute Gasteiger partial charge is 0.101 e. The zero-order valence-corrected chi connectivity index (χ0v) is 10.3. The van der Waals surface area contributed by atoms with Crippen molar-refractivity contribution in [3.63, 3.8) is 0 Å². The second-order valence-corrected chi connectivity index (χ2v) is 5.36. The van der Waals surface area contributed by atoms with Gasteiger partial charge in [-0.1, -0.05) is 11.6 Å². The molecule has 16 heavy (non-hydrogen) atoms. The van der Waals surface area contributed by atoms with E-state index in [2.05, 4.69) is 25.2 Å². The van der Waals surface area contributed by atoms with Crippen molar-refractivity contribution < 1.29 is 0 Å². The molecule has 0 atom stereocenters. The maximum Gasteiger partial charge on any atom is 0.101 e. The van der Waals surface area contributed by atoms with Crippen LogP contribution in [0.1, 0.15) is 32.3 Å². The van der Waals surface area contributed by atoms with Crippen molar-refractivity contribution in [2.24, 2.45) is 5.92 Å². The number of halogens is 1. The summed E-state index contributed by atoms with van der Waals surface area (Å²) in [7, 11) is 0. The van der Waals surface area contributed by atoms with Gasteiger partial charge >= 0.3 is 0 Å². The number of nitrogens with zero attached hydrogens (tertiary/aromatic N) is 1. The average Bonchev–Trinajstić information content (AvgIpc) is 3.00. The molecular formula is C13H15ClN2. The van der Waals surface area contributed by atoms with E-state index in [1.807, 2.05) is 6.07 Å². The van der Waals surface area contributed by atoms with Crippen LogP contribution >= 0.6 is 11.6 Å². The number of rotatable bonds is 3. The quantitative estimate of drug-likeness (QED) is 0.863. The van der Waals surface area contributed by atoms with E-state index in [1.54, 1.807) is 12.1 Å². The summed E-state index contributed by atoms with van der Waals surface area (Å²) in [4.78, 5) is 0. The molecule has 2 nitrogen and oxygen atoms in total. The van der Waals surface area contributed by atoms with Crippen molar-refractivity contribution in [2.45, 2.75) is 32.2 Å². The monoisotopic (exact) mass is 234 g/mol. The molecule has 0 saturated heterocycles. The van der Waals surface area contributed by atoms with E-state index in [1.165, 1.54) is 12.8 Å². The number of hydrogen-bond acceptors (Lipinski definition) is 2. The molecule has 0 spiro atoms. The molecule has 2 rings (SSSR count). The summed E-state index contributed by atoms with van der Waals surface area (Å²) in [5.74, 6) is 0.707. The van der Waals surface area contributed by atoms with E-state index in [9.17, 15) is 0 Å². The average molecular weight is 235 g/mol. The van der Waals surface area contributed by atoms with E-state index < -0.39 is 0 Å². The van der Waals surface area contributed by atoms with Gasteiger partial charge in [-0.15, -0.1) is 0 Å². The van der Waals surface area contributed by atoms with Gasteiger partial charge in [-0.05, 0) is 50.8 Å². The summed E-state index contributed by atoms with van der Waals surface area (Å²) in [5, 5.41) is 13.1. The van der Waals surface area contributed by atoms with Gasteiger partial charge < -0.3 is 5.32 Å². The molecule has 1 fully saturated rings. The molecule has 0 aliphatic heterocycles. The molecular weight excluding hydrogens is 220 g/mol. The Morgan fingerprint density at radius 2 is 2.12 bits per heavy atom. The van der Waals surface area contributed by atoms with Gasteiger partial charge in [0.05, 0.1) is 11.3 Å². The number of nitriles is 1. The summed E-state index contributed by atoms with van der Waals surface area (Å²) < 4.78 is 0. The molecule has 1 saturated carbocycles. The van der Waals surface area contributed by atoms with Gasteiger partial charge in [0.2, 0.25) is 0 Å². The van der Waals surface area contributed by atoms with Crippen LogP contribution in [0.2, 0.25) is 5.02 Å². The van der Waals surface area contributed by atoms with Gasteiger partial charge in [0, 0.05) is 10.6 Å². The van der Waals surface area contributed by atoms with E-state index in [4.69, 9.17) is 16.9 Å². The van der Waals surface area contributed by atoms with Gasteiger partial charge in [0.1, 0.15) is 6.07 Å². The fraction of sp³-hybridized carbons (Fsp3) is 0.462. The lowest BCUT2D eigenvalue weighted by atomic mass is 9.97. The molecule has 0 amide bonds. The van der Waals surface area contributed by atoms with E-state index in [0.29, 0.717) is 16.5 Å². The zero-order valence-electron chi connectivity index (χ0n) is 9.55. The summed E-state index contributed by atoms with van der Waals surface area (Å²) >= 11 is 5.95. The molecule has 1 aromatic carbocycles. The van der Waals surface area contributed by atoms with Crippen LogP contribution in [0.15, 0.2) is 18.2 Å². The van der Waals surface area contributed by atoms with Gasteiger partial charge in [-0.2, -0.15) is 5.26 Å². The lowest BCUT2D eigenvalue weighted by Gasteiger charge is -2.28. The third kappa shape index (κ3) is 2.31. The summed E-state index contributed by atoms with van der Waals surface area (Å²) in [5.41, 5.74) is 1.53. The van der Waals surface area contributed by atoms with Gasteiger partial charge in [-0.25, -0.2) is 0 Å². The standard InChI is InChI=1S/C13H15ClN2/c1-13(2,10-4-5-10)16-12-7-11(14)6-3-9(12)8-15/h3,6-7,10,16H,4-5H2,1-2H3. The predicted octanol–water partition coefficient (Wildman–Crippen LogP) is 3.81. The Bertz CT molecular complexity index is 442. The molecule has 84 valence electrons. The van der Waals surface area contributed by atoms with Crippen molar-refractivity contribution in [2.75, 3.05) is 5.32 Å². The van der Waals surface area contributed by atoms with Gasteiger partial charge in [0.15, 0.2) is 0 Å². The fourth-order valence-corrected chi connectivity index (χ4v) is 2.14. The minimum Gasteiger partial charge on any atom is -0.379 e. The van der Waals surface area contributed by atoms with Crippen molar-refractivity contribution in [3.8, 4) is 6.07 Å². The van der Waals surface area contributed by atoms with E-state index in [0.717, 1.165) is 5.69 Å². The van der Waals surface area contributed by atoms with Gasteiger partial charge in [0.25, 0.3) is 0 Å². The number of anilines is 1. The Labute approximate surface area is 101 Å².